The summed E-state index contributed by atoms with van der Waals surface area (Å²) in [5.74, 6) is 0.746. The molecular formula is C29H34N2O2S. The van der Waals surface area contributed by atoms with Crippen molar-refractivity contribution in [2.45, 2.75) is 49.6 Å². The number of rotatable bonds is 7. The Morgan fingerprint density at radius 1 is 0.765 bits per heavy atom. The van der Waals surface area contributed by atoms with Crippen molar-refractivity contribution in [3.05, 3.63) is 102 Å². The van der Waals surface area contributed by atoms with Gasteiger partial charge in [-0.2, -0.15) is 4.31 Å². The quantitative estimate of drug-likeness (QED) is 0.476. The molecule has 34 heavy (non-hydrogen) atoms. The average molecular weight is 475 g/mol. The van der Waals surface area contributed by atoms with Gasteiger partial charge in [-0.05, 0) is 86.5 Å². The fraction of sp³-hybridized carbons (Fsp3) is 0.379. The number of nitrogens with zero attached hydrogens (tertiary/aromatic N) is 2. The van der Waals surface area contributed by atoms with Crippen molar-refractivity contribution in [2.24, 2.45) is 5.92 Å². The molecule has 178 valence electrons. The van der Waals surface area contributed by atoms with Gasteiger partial charge in [0.15, 0.2) is 0 Å². The average Bonchev–Trinajstić information content (AvgIpc) is 2.89. The fourth-order valence-corrected chi connectivity index (χ4v) is 7.17. The topological polar surface area (TPSA) is 40.6 Å². The van der Waals surface area contributed by atoms with Gasteiger partial charge in [0.25, 0.3) is 0 Å². The van der Waals surface area contributed by atoms with Gasteiger partial charge in [-0.3, -0.25) is 0 Å². The zero-order valence-corrected chi connectivity index (χ0v) is 20.5. The largest absolute Gasteiger partial charge is 0.303 e. The SMILES string of the molecule is O=S(=O)(c1ccccc1)N1Cc2ccccc2CC1CCN1CCC(Cc2ccccc2)CC1. The van der Waals surface area contributed by atoms with Gasteiger partial charge < -0.3 is 4.90 Å². The van der Waals surface area contributed by atoms with Gasteiger partial charge in [-0.1, -0.05) is 72.8 Å². The Labute approximate surface area is 204 Å². The number of hydrogen-bond donors (Lipinski definition) is 0. The van der Waals surface area contributed by atoms with Crippen molar-refractivity contribution in [2.75, 3.05) is 19.6 Å². The summed E-state index contributed by atoms with van der Waals surface area (Å²) < 4.78 is 28.9. The lowest BCUT2D eigenvalue weighted by Gasteiger charge is -2.38. The van der Waals surface area contributed by atoms with Crippen LogP contribution >= 0.6 is 0 Å². The summed E-state index contributed by atoms with van der Waals surface area (Å²) in [6.07, 6.45) is 5.25. The van der Waals surface area contributed by atoms with E-state index < -0.39 is 10.0 Å². The highest BCUT2D eigenvalue weighted by Gasteiger charge is 2.35. The van der Waals surface area contributed by atoms with E-state index >= 15 is 0 Å². The van der Waals surface area contributed by atoms with E-state index in [2.05, 4.69) is 53.4 Å². The van der Waals surface area contributed by atoms with Crippen molar-refractivity contribution >= 4 is 10.0 Å². The summed E-state index contributed by atoms with van der Waals surface area (Å²) in [4.78, 5) is 2.93. The molecule has 0 amide bonds. The molecule has 3 aromatic rings. The molecular weight excluding hydrogens is 440 g/mol. The standard InChI is InChI=1S/C29H34N2O2S/c32-34(33,29-13-5-2-6-14-29)31-23-27-12-8-7-11-26(27)22-28(31)17-20-30-18-15-25(16-19-30)21-24-9-3-1-4-10-24/h1-14,25,28H,15-23H2. The van der Waals surface area contributed by atoms with Crippen LogP contribution in [0.2, 0.25) is 0 Å². The van der Waals surface area contributed by atoms with E-state index in [4.69, 9.17) is 0 Å². The molecule has 5 heteroatoms. The molecule has 0 spiro atoms. The van der Waals surface area contributed by atoms with Crippen LogP contribution in [-0.4, -0.2) is 43.3 Å². The van der Waals surface area contributed by atoms with Crippen LogP contribution in [0.15, 0.2) is 89.8 Å². The molecule has 4 nitrogen and oxygen atoms in total. The predicted octanol–water partition coefficient (Wildman–Crippen LogP) is 5.15. The molecule has 0 aromatic heterocycles. The van der Waals surface area contributed by atoms with E-state index in [-0.39, 0.29) is 6.04 Å². The van der Waals surface area contributed by atoms with E-state index in [1.165, 1.54) is 24.0 Å². The molecule has 0 bridgehead atoms. The Morgan fingerprint density at radius 2 is 1.38 bits per heavy atom. The lowest BCUT2D eigenvalue weighted by molar-refractivity contribution is 0.163. The van der Waals surface area contributed by atoms with Gasteiger partial charge in [-0.15, -0.1) is 0 Å². The molecule has 2 heterocycles. The molecule has 0 aliphatic carbocycles. The minimum atomic E-state index is -3.54. The van der Waals surface area contributed by atoms with E-state index in [1.54, 1.807) is 28.6 Å². The molecule has 1 atom stereocenters. The second kappa shape index (κ2) is 10.4. The Bertz CT molecular complexity index is 1170. The number of hydrogen-bond acceptors (Lipinski definition) is 3. The zero-order valence-electron chi connectivity index (χ0n) is 19.7. The summed E-state index contributed by atoms with van der Waals surface area (Å²) in [6.45, 7) is 3.61. The second-order valence-electron chi connectivity index (χ2n) is 9.75. The highest BCUT2D eigenvalue weighted by atomic mass is 32.2. The van der Waals surface area contributed by atoms with Crippen molar-refractivity contribution in [3.63, 3.8) is 0 Å². The first kappa shape index (κ1) is 23.3. The monoisotopic (exact) mass is 474 g/mol. The molecule has 1 saturated heterocycles. The number of likely N-dealkylation sites (tertiary alicyclic amines) is 1. The van der Waals surface area contributed by atoms with Crippen LogP contribution in [0.1, 0.15) is 36.0 Å². The van der Waals surface area contributed by atoms with Crippen LogP contribution in [0.3, 0.4) is 0 Å². The van der Waals surface area contributed by atoms with E-state index in [0.29, 0.717) is 11.4 Å². The van der Waals surface area contributed by atoms with E-state index in [0.717, 1.165) is 50.4 Å². The molecule has 2 aliphatic heterocycles. The lowest BCUT2D eigenvalue weighted by Crippen LogP contribution is -2.46. The first-order valence-corrected chi connectivity index (χ1v) is 13.9. The van der Waals surface area contributed by atoms with Crippen molar-refractivity contribution in [1.29, 1.82) is 0 Å². The summed E-state index contributed by atoms with van der Waals surface area (Å²) in [7, 11) is -3.54. The molecule has 1 unspecified atom stereocenters. The molecule has 5 rings (SSSR count). The number of benzene rings is 3. The van der Waals surface area contributed by atoms with Crippen LogP contribution in [0.25, 0.3) is 0 Å². The van der Waals surface area contributed by atoms with E-state index in [1.807, 2.05) is 12.1 Å². The minimum Gasteiger partial charge on any atom is -0.303 e. The molecule has 0 N–H and O–H groups in total. The van der Waals surface area contributed by atoms with Gasteiger partial charge >= 0.3 is 0 Å². The molecule has 0 radical (unpaired) electrons. The Kier molecular flexibility index (Phi) is 7.14. The molecule has 0 saturated carbocycles. The normalized spacial score (nSPS) is 20.2. The van der Waals surface area contributed by atoms with Gasteiger partial charge in [0.1, 0.15) is 0 Å². The maximum atomic E-state index is 13.6. The van der Waals surface area contributed by atoms with Crippen LogP contribution in [0, 0.1) is 5.92 Å². The van der Waals surface area contributed by atoms with Crippen molar-refractivity contribution in [1.82, 2.24) is 9.21 Å². The van der Waals surface area contributed by atoms with Crippen LogP contribution in [-0.2, 0) is 29.4 Å². The molecule has 2 aliphatic rings. The number of sulfonamides is 1. The highest BCUT2D eigenvalue weighted by Crippen LogP contribution is 2.31. The second-order valence-corrected chi connectivity index (χ2v) is 11.6. The molecule has 1 fully saturated rings. The fourth-order valence-electron chi connectivity index (χ4n) is 5.51. The smallest absolute Gasteiger partial charge is 0.243 e. The number of piperidine rings is 1. The lowest BCUT2D eigenvalue weighted by atomic mass is 9.89. The Morgan fingerprint density at radius 3 is 2.09 bits per heavy atom. The third-order valence-corrected chi connectivity index (χ3v) is 9.42. The van der Waals surface area contributed by atoms with Crippen LogP contribution in [0.4, 0.5) is 0 Å². The minimum absolute atomic E-state index is 0.0119. The summed E-state index contributed by atoms with van der Waals surface area (Å²) in [6, 6.07) is 28.0. The molecule has 3 aromatic carbocycles. The van der Waals surface area contributed by atoms with Gasteiger partial charge in [0, 0.05) is 12.6 Å². The first-order chi connectivity index (χ1) is 16.6. The first-order valence-electron chi connectivity index (χ1n) is 12.5. The zero-order chi connectivity index (χ0) is 23.4. The van der Waals surface area contributed by atoms with E-state index in [9.17, 15) is 8.42 Å². The van der Waals surface area contributed by atoms with Gasteiger partial charge in [0.05, 0.1) is 4.90 Å². The van der Waals surface area contributed by atoms with Crippen molar-refractivity contribution < 1.29 is 8.42 Å². The number of fused-ring (bicyclic) bond motifs is 1. The predicted molar refractivity (Wildman–Crippen MR) is 137 cm³/mol. The summed E-state index contributed by atoms with van der Waals surface area (Å²) in [5.41, 5.74) is 3.84. The maximum absolute atomic E-state index is 13.6. The van der Waals surface area contributed by atoms with Crippen LogP contribution < -0.4 is 0 Å². The highest BCUT2D eigenvalue weighted by molar-refractivity contribution is 7.89. The van der Waals surface area contributed by atoms with Gasteiger partial charge in [0.2, 0.25) is 10.0 Å². The third kappa shape index (κ3) is 5.27. The summed E-state index contributed by atoms with van der Waals surface area (Å²) in [5, 5.41) is 0. The maximum Gasteiger partial charge on any atom is 0.243 e. The van der Waals surface area contributed by atoms with Crippen LogP contribution in [0.5, 0.6) is 0 Å². The Hall–Kier alpha value is -2.47. The van der Waals surface area contributed by atoms with Gasteiger partial charge in [-0.25, -0.2) is 8.42 Å². The van der Waals surface area contributed by atoms with Crippen molar-refractivity contribution in [3.8, 4) is 0 Å². The third-order valence-electron chi connectivity index (χ3n) is 7.51. The Balaban J connectivity index is 1.24. The summed E-state index contributed by atoms with van der Waals surface area (Å²) >= 11 is 0.